The van der Waals surface area contributed by atoms with Gasteiger partial charge >= 0.3 is 0 Å². The zero-order chi connectivity index (χ0) is 30.3. The van der Waals surface area contributed by atoms with E-state index in [-0.39, 0.29) is 23.3 Å². The van der Waals surface area contributed by atoms with Gasteiger partial charge in [0, 0.05) is 28.7 Å². The average molecular weight is 621 g/mol. The van der Waals surface area contributed by atoms with Gasteiger partial charge in [0.15, 0.2) is 0 Å². The number of halogens is 2. The summed E-state index contributed by atoms with van der Waals surface area (Å²) in [7, 11) is -2.71. The van der Waals surface area contributed by atoms with E-state index >= 15 is 0 Å². The Morgan fingerprint density at radius 1 is 0.927 bits per heavy atom. The summed E-state index contributed by atoms with van der Waals surface area (Å²) in [6.45, 7) is 7.14. The smallest absolute Gasteiger partial charge is 0.264 e. The molecule has 0 heterocycles. The van der Waals surface area contributed by atoms with Crippen LogP contribution in [0.25, 0.3) is 0 Å². The summed E-state index contributed by atoms with van der Waals surface area (Å²) in [6, 6.07) is 16.7. The van der Waals surface area contributed by atoms with Gasteiger partial charge in [-0.25, -0.2) is 8.42 Å². The Morgan fingerprint density at radius 2 is 1.51 bits per heavy atom. The molecule has 0 aliphatic carbocycles. The summed E-state index contributed by atoms with van der Waals surface area (Å²) in [5.74, 6) is -0.299. The maximum atomic E-state index is 14.0. The minimum atomic E-state index is -4.20. The van der Waals surface area contributed by atoms with Crippen molar-refractivity contribution in [3.05, 3.63) is 87.9 Å². The van der Waals surface area contributed by atoms with Crippen LogP contribution in [-0.4, -0.2) is 51.4 Å². The molecule has 2 amide bonds. The summed E-state index contributed by atoms with van der Waals surface area (Å²) < 4.78 is 34.0. The van der Waals surface area contributed by atoms with Crippen molar-refractivity contribution in [1.82, 2.24) is 10.2 Å². The van der Waals surface area contributed by atoms with Crippen molar-refractivity contribution in [2.45, 2.75) is 45.2 Å². The van der Waals surface area contributed by atoms with Gasteiger partial charge in [0.1, 0.15) is 18.3 Å². The molecule has 3 rings (SSSR count). The standard InChI is InChI=1S/C30H35Cl2N3O5S/c1-20(2)17-33-30(37)22(4)34(18-26-27(31)7-6-8-28(26)32)29(36)19-35(23-11-9-21(3)10-12-23)41(38,39)25-15-13-24(40-5)14-16-25/h6-16,20,22H,17-19H2,1-5H3,(H,33,37). The van der Waals surface area contributed by atoms with E-state index in [0.29, 0.717) is 33.6 Å². The number of hydrogen-bond acceptors (Lipinski definition) is 5. The van der Waals surface area contributed by atoms with Crippen LogP contribution in [0.1, 0.15) is 31.9 Å². The third-order valence-electron chi connectivity index (χ3n) is 6.49. The van der Waals surface area contributed by atoms with Gasteiger partial charge in [-0.3, -0.25) is 13.9 Å². The molecule has 3 aromatic rings. The van der Waals surface area contributed by atoms with Gasteiger partial charge in [0.2, 0.25) is 11.8 Å². The maximum absolute atomic E-state index is 14.0. The van der Waals surface area contributed by atoms with Gasteiger partial charge in [-0.05, 0) is 68.3 Å². The van der Waals surface area contributed by atoms with Gasteiger partial charge in [-0.2, -0.15) is 0 Å². The molecule has 8 nitrogen and oxygen atoms in total. The fraction of sp³-hybridized carbons (Fsp3) is 0.333. The highest BCUT2D eigenvalue weighted by molar-refractivity contribution is 7.92. The number of rotatable bonds is 12. The molecule has 0 radical (unpaired) electrons. The number of carbonyl (C=O) groups excluding carboxylic acids is 2. The number of benzene rings is 3. The molecule has 0 saturated carbocycles. The summed E-state index contributed by atoms with van der Waals surface area (Å²) in [4.78, 5) is 28.4. The van der Waals surface area contributed by atoms with E-state index < -0.39 is 28.5 Å². The van der Waals surface area contributed by atoms with Crippen LogP contribution in [0.4, 0.5) is 5.69 Å². The summed E-state index contributed by atoms with van der Waals surface area (Å²) in [5, 5.41) is 3.50. The molecule has 0 aliphatic rings. The molecule has 0 aliphatic heterocycles. The van der Waals surface area contributed by atoms with Crippen molar-refractivity contribution in [3.8, 4) is 5.75 Å². The van der Waals surface area contributed by atoms with Crippen LogP contribution in [0.3, 0.4) is 0 Å². The molecule has 1 N–H and O–H groups in total. The highest BCUT2D eigenvalue weighted by atomic mass is 35.5. The Morgan fingerprint density at radius 3 is 2.05 bits per heavy atom. The Hall–Kier alpha value is -3.27. The van der Waals surface area contributed by atoms with Crippen molar-refractivity contribution < 1.29 is 22.7 Å². The monoisotopic (exact) mass is 619 g/mol. The Kier molecular flexibility index (Phi) is 11.1. The van der Waals surface area contributed by atoms with Gasteiger partial charge in [0.05, 0.1) is 17.7 Å². The molecule has 1 atom stereocenters. The first-order valence-electron chi connectivity index (χ1n) is 13.1. The van der Waals surface area contributed by atoms with Crippen molar-refractivity contribution in [1.29, 1.82) is 0 Å². The molecule has 0 spiro atoms. The number of nitrogens with one attached hydrogen (secondary N) is 1. The molecule has 0 bridgehead atoms. The van der Waals surface area contributed by atoms with Crippen LogP contribution in [0.2, 0.25) is 10.0 Å². The summed E-state index contributed by atoms with van der Waals surface area (Å²) in [6.07, 6.45) is 0. The minimum Gasteiger partial charge on any atom is -0.497 e. The predicted octanol–water partition coefficient (Wildman–Crippen LogP) is 5.70. The van der Waals surface area contributed by atoms with E-state index in [1.807, 2.05) is 20.8 Å². The first kappa shape index (κ1) is 32.2. The Labute approximate surface area is 252 Å². The molecule has 0 fully saturated rings. The zero-order valence-electron chi connectivity index (χ0n) is 23.7. The van der Waals surface area contributed by atoms with E-state index in [2.05, 4.69) is 5.32 Å². The Bertz CT molecular complexity index is 1440. The van der Waals surface area contributed by atoms with Gasteiger partial charge in [-0.1, -0.05) is 60.8 Å². The molecule has 1 unspecified atom stereocenters. The lowest BCUT2D eigenvalue weighted by Gasteiger charge is -2.32. The molecule has 11 heteroatoms. The quantitative estimate of drug-likeness (QED) is 0.281. The van der Waals surface area contributed by atoms with Gasteiger partial charge < -0.3 is 15.0 Å². The highest BCUT2D eigenvalue weighted by Gasteiger charge is 2.33. The molecule has 3 aromatic carbocycles. The summed E-state index contributed by atoms with van der Waals surface area (Å²) in [5.41, 5.74) is 1.67. The van der Waals surface area contributed by atoms with E-state index in [1.165, 1.54) is 36.3 Å². The predicted molar refractivity (Wildman–Crippen MR) is 163 cm³/mol. The fourth-order valence-corrected chi connectivity index (χ4v) is 5.93. The first-order valence-corrected chi connectivity index (χ1v) is 15.3. The first-order chi connectivity index (χ1) is 19.3. The number of methoxy groups -OCH3 is 1. The van der Waals surface area contributed by atoms with Crippen LogP contribution >= 0.6 is 23.2 Å². The molecule has 41 heavy (non-hydrogen) atoms. The van der Waals surface area contributed by atoms with E-state index in [9.17, 15) is 18.0 Å². The lowest BCUT2D eigenvalue weighted by atomic mass is 10.1. The second kappa shape index (κ2) is 14.1. The number of aryl methyl sites for hydroxylation is 1. The molecular weight excluding hydrogens is 585 g/mol. The number of ether oxygens (including phenoxy) is 1. The third-order valence-corrected chi connectivity index (χ3v) is 8.99. The van der Waals surface area contributed by atoms with Crippen LogP contribution in [0.5, 0.6) is 5.75 Å². The van der Waals surface area contributed by atoms with Crippen molar-refractivity contribution in [2.24, 2.45) is 5.92 Å². The van der Waals surface area contributed by atoms with E-state index in [4.69, 9.17) is 27.9 Å². The largest absolute Gasteiger partial charge is 0.497 e. The maximum Gasteiger partial charge on any atom is 0.264 e. The number of hydrogen-bond donors (Lipinski definition) is 1. The van der Waals surface area contributed by atoms with Crippen LogP contribution in [-0.2, 0) is 26.2 Å². The summed E-state index contributed by atoms with van der Waals surface area (Å²) >= 11 is 12.8. The number of carbonyl (C=O) groups is 2. The molecule has 220 valence electrons. The van der Waals surface area contributed by atoms with E-state index in [1.54, 1.807) is 49.4 Å². The topological polar surface area (TPSA) is 96.0 Å². The lowest BCUT2D eigenvalue weighted by molar-refractivity contribution is -0.139. The van der Waals surface area contributed by atoms with Crippen molar-refractivity contribution in [3.63, 3.8) is 0 Å². The van der Waals surface area contributed by atoms with Crippen LogP contribution < -0.4 is 14.4 Å². The zero-order valence-corrected chi connectivity index (χ0v) is 26.1. The normalized spacial score (nSPS) is 12.1. The lowest BCUT2D eigenvalue weighted by Crippen LogP contribution is -2.51. The molecule has 0 saturated heterocycles. The Balaban J connectivity index is 2.05. The fourth-order valence-electron chi connectivity index (χ4n) is 4.00. The number of amides is 2. The van der Waals surface area contributed by atoms with Crippen LogP contribution in [0, 0.1) is 12.8 Å². The number of anilines is 1. The highest BCUT2D eigenvalue weighted by Crippen LogP contribution is 2.29. The second-order valence-corrected chi connectivity index (χ2v) is 12.7. The second-order valence-electron chi connectivity index (χ2n) is 10.1. The van der Waals surface area contributed by atoms with Gasteiger partial charge in [0.25, 0.3) is 10.0 Å². The molecule has 0 aromatic heterocycles. The molecular formula is C30H35Cl2N3O5S. The van der Waals surface area contributed by atoms with E-state index in [0.717, 1.165) is 9.87 Å². The number of sulfonamides is 1. The minimum absolute atomic E-state index is 0.0184. The van der Waals surface area contributed by atoms with Gasteiger partial charge in [-0.15, -0.1) is 0 Å². The van der Waals surface area contributed by atoms with Crippen molar-refractivity contribution in [2.75, 3.05) is 24.5 Å². The third kappa shape index (κ3) is 8.15. The SMILES string of the molecule is COc1ccc(S(=O)(=O)N(CC(=O)N(Cc2c(Cl)cccc2Cl)C(C)C(=O)NCC(C)C)c2ccc(C)cc2)cc1. The van der Waals surface area contributed by atoms with Crippen molar-refractivity contribution >= 4 is 50.7 Å². The average Bonchev–Trinajstić information content (AvgIpc) is 2.94. The van der Waals surface area contributed by atoms with Crippen LogP contribution in [0.15, 0.2) is 71.6 Å². The number of nitrogens with zero attached hydrogens (tertiary/aromatic N) is 2.